The fraction of sp³-hybridized carbons (Fsp3) is 0.538. The van der Waals surface area contributed by atoms with E-state index in [0.717, 1.165) is 17.7 Å². The van der Waals surface area contributed by atoms with Gasteiger partial charge in [0.15, 0.2) is 5.79 Å². The largest absolute Gasteiger partial charge is 0.491 e. The highest BCUT2D eigenvalue weighted by molar-refractivity contribution is 5.28. The monoisotopic (exact) mass is 238 g/mol. The predicted octanol–water partition coefficient (Wildman–Crippen LogP) is 1.36. The van der Waals surface area contributed by atoms with Gasteiger partial charge in [0.05, 0.1) is 19.8 Å². The summed E-state index contributed by atoms with van der Waals surface area (Å²) in [7, 11) is 0. The smallest absolute Gasteiger partial charge is 0.169 e. The minimum absolute atomic E-state index is 0.0293. The van der Waals surface area contributed by atoms with Crippen molar-refractivity contribution in [2.75, 3.05) is 26.4 Å². The second kappa shape index (κ2) is 5.49. The summed E-state index contributed by atoms with van der Waals surface area (Å²) in [6.45, 7) is 3.63. The first-order chi connectivity index (χ1) is 8.22. The van der Waals surface area contributed by atoms with Gasteiger partial charge in [-0.1, -0.05) is 12.1 Å². The summed E-state index contributed by atoms with van der Waals surface area (Å²) >= 11 is 0. The maximum Gasteiger partial charge on any atom is 0.169 e. The van der Waals surface area contributed by atoms with Crippen LogP contribution in [0.1, 0.15) is 12.5 Å². The highest BCUT2D eigenvalue weighted by Crippen LogP contribution is 2.24. The molecule has 1 aliphatic heterocycles. The molecular formula is C13H18O4. The molecule has 0 saturated carbocycles. The topological polar surface area (TPSA) is 47.9 Å². The van der Waals surface area contributed by atoms with Gasteiger partial charge in [-0.05, 0) is 24.6 Å². The maximum absolute atomic E-state index is 8.65. The van der Waals surface area contributed by atoms with Gasteiger partial charge in [0.2, 0.25) is 0 Å². The van der Waals surface area contributed by atoms with E-state index in [2.05, 4.69) is 0 Å². The van der Waals surface area contributed by atoms with Crippen LogP contribution in [0.15, 0.2) is 24.3 Å². The van der Waals surface area contributed by atoms with Crippen LogP contribution in [0.2, 0.25) is 0 Å². The van der Waals surface area contributed by atoms with Crippen LogP contribution in [0.25, 0.3) is 0 Å². The van der Waals surface area contributed by atoms with E-state index in [4.69, 9.17) is 19.3 Å². The van der Waals surface area contributed by atoms with Crippen molar-refractivity contribution < 1.29 is 19.3 Å². The van der Waals surface area contributed by atoms with Crippen molar-refractivity contribution in [2.45, 2.75) is 19.1 Å². The first kappa shape index (κ1) is 12.4. The molecule has 1 fully saturated rings. The molecule has 0 unspecified atom stereocenters. The summed E-state index contributed by atoms with van der Waals surface area (Å²) in [6, 6.07) is 7.76. The van der Waals surface area contributed by atoms with Gasteiger partial charge in [0.25, 0.3) is 0 Å². The van der Waals surface area contributed by atoms with E-state index in [1.54, 1.807) is 0 Å². The Balaban J connectivity index is 1.93. The van der Waals surface area contributed by atoms with Crippen LogP contribution in [0.5, 0.6) is 5.75 Å². The Hall–Kier alpha value is -1.10. The minimum atomic E-state index is -0.493. The molecule has 0 amide bonds. The lowest BCUT2D eigenvalue weighted by Gasteiger charge is -2.22. The zero-order valence-corrected chi connectivity index (χ0v) is 10.0. The molecule has 1 saturated heterocycles. The van der Waals surface area contributed by atoms with Crippen LogP contribution in [-0.4, -0.2) is 37.3 Å². The van der Waals surface area contributed by atoms with Crippen LogP contribution >= 0.6 is 0 Å². The first-order valence-corrected chi connectivity index (χ1v) is 5.82. The summed E-state index contributed by atoms with van der Waals surface area (Å²) in [4.78, 5) is 0. The second-order valence-corrected chi connectivity index (χ2v) is 4.22. The lowest BCUT2D eigenvalue weighted by Crippen LogP contribution is -2.28. The second-order valence-electron chi connectivity index (χ2n) is 4.22. The molecule has 0 bridgehead atoms. The fourth-order valence-corrected chi connectivity index (χ4v) is 1.90. The molecule has 1 N–H and O–H groups in total. The highest BCUT2D eigenvalue weighted by Gasteiger charge is 2.30. The van der Waals surface area contributed by atoms with Crippen molar-refractivity contribution in [1.82, 2.24) is 0 Å². The van der Waals surface area contributed by atoms with Gasteiger partial charge >= 0.3 is 0 Å². The van der Waals surface area contributed by atoms with Crippen molar-refractivity contribution >= 4 is 0 Å². The summed E-state index contributed by atoms with van der Waals surface area (Å²) in [5, 5.41) is 8.65. The van der Waals surface area contributed by atoms with E-state index in [9.17, 15) is 0 Å². The number of hydrogen-bond acceptors (Lipinski definition) is 4. The van der Waals surface area contributed by atoms with Gasteiger partial charge in [-0.25, -0.2) is 0 Å². The summed E-state index contributed by atoms with van der Waals surface area (Å²) in [6.07, 6.45) is 0.729. The average molecular weight is 238 g/mol. The van der Waals surface area contributed by atoms with E-state index >= 15 is 0 Å². The SMILES string of the molecule is CC1(Cc2ccc(OCCO)cc2)OCCO1. The Morgan fingerprint density at radius 2 is 1.88 bits per heavy atom. The quantitative estimate of drug-likeness (QED) is 0.841. The number of aliphatic hydroxyl groups is 1. The Morgan fingerprint density at radius 3 is 2.47 bits per heavy atom. The molecule has 17 heavy (non-hydrogen) atoms. The fourth-order valence-electron chi connectivity index (χ4n) is 1.90. The van der Waals surface area contributed by atoms with Crippen molar-refractivity contribution in [3.8, 4) is 5.75 Å². The molecule has 4 nitrogen and oxygen atoms in total. The van der Waals surface area contributed by atoms with E-state index in [-0.39, 0.29) is 6.61 Å². The Bertz CT molecular complexity index is 341. The molecular weight excluding hydrogens is 220 g/mol. The molecule has 0 aliphatic carbocycles. The van der Waals surface area contributed by atoms with E-state index < -0.39 is 5.79 Å². The molecule has 0 spiro atoms. The van der Waals surface area contributed by atoms with Crippen LogP contribution in [0.4, 0.5) is 0 Å². The van der Waals surface area contributed by atoms with Crippen molar-refractivity contribution in [1.29, 1.82) is 0 Å². The third-order valence-electron chi connectivity index (χ3n) is 2.71. The van der Waals surface area contributed by atoms with E-state index in [1.165, 1.54) is 0 Å². The van der Waals surface area contributed by atoms with Crippen molar-refractivity contribution in [2.24, 2.45) is 0 Å². The molecule has 2 rings (SSSR count). The number of benzene rings is 1. The van der Waals surface area contributed by atoms with Crippen molar-refractivity contribution in [3.05, 3.63) is 29.8 Å². The summed E-state index contributed by atoms with van der Waals surface area (Å²) in [5.74, 6) is 0.272. The summed E-state index contributed by atoms with van der Waals surface area (Å²) in [5.41, 5.74) is 1.14. The minimum Gasteiger partial charge on any atom is -0.491 e. The van der Waals surface area contributed by atoms with E-state index in [0.29, 0.717) is 19.8 Å². The van der Waals surface area contributed by atoms with Gasteiger partial charge in [-0.3, -0.25) is 0 Å². The van der Waals surface area contributed by atoms with Crippen molar-refractivity contribution in [3.63, 3.8) is 0 Å². The van der Waals surface area contributed by atoms with Crippen LogP contribution < -0.4 is 4.74 Å². The molecule has 1 aliphatic rings. The zero-order valence-electron chi connectivity index (χ0n) is 10.0. The molecule has 1 aromatic rings. The molecule has 1 aromatic carbocycles. The van der Waals surface area contributed by atoms with Gasteiger partial charge in [-0.15, -0.1) is 0 Å². The average Bonchev–Trinajstić information content (AvgIpc) is 2.75. The predicted molar refractivity (Wildman–Crippen MR) is 63.0 cm³/mol. The van der Waals surface area contributed by atoms with Gasteiger partial charge in [-0.2, -0.15) is 0 Å². The summed E-state index contributed by atoms with van der Waals surface area (Å²) < 4.78 is 16.4. The number of ether oxygens (including phenoxy) is 3. The standard InChI is InChI=1S/C13H18O4/c1-13(16-8-9-17-13)10-11-2-4-12(5-3-11)15-7-6-14/h2-5,14H,6-10H2,1H3. The maximum atomic E-state index is 8.65. The first-order valence-electron chi connectivity index (χ1n) is 5.82. The molecule has 1 heterocycles. The number of hydrogen-bond donors (Lipinski definition) is 1. The highest BCUT2D eigenvalue weighted by atomic mass is 16.7. The lowest BCUT2D eigenvalue weighted by molar-refractivity contribution is -0.140. The van der Waals surface area contributed by atoms with Gasteiger partial charge < -0.3 is 19.3 Å². The molecule has 0 aromatic heterocycles. The van der Waals surface area contributed by atoms with Gasteiger partial charge in [0, 0.05) is 6.42 Å². The number of rotatable bonds is 5. The number of aliphatic hydroxyl groups excluding tert-OH is 1. The molecule has 94 valence electrons. The zero-order chi connectivity index (χ0) is 12.1. The third kappa shape index (κ3) is 3.43. The third-order valence-corrected chi connectivity index (χ3v) is 2.71. The Kier molecular flexibility index (Phi) is 3.99. The Morgan fingerprint density at radius 1 is 1.24 bits per heavy atom. The van der Waals surface area contributed by atoms with Gasteiger partial charge in [0.1, 0.15) is 12.4 Å². The molecule has 0 radical (unpaired) electrons. The van der Waals surface area contributed by atoms with E-state index in [1.807, 2.05) is 31.2 Å². The van der Waals surface area contributed by atoms with Crippen LogP contribution in [-0.2, 0) is 15.9 Å². The Labute approximate surface area is 101 Å². The van der Waals surface area contributed by atoms with Crippen LogP contribution in [0, 0.1) is 0 Å². The molecule has 0 atom stereocenters. The lowest BCUT2D eigenvalue weighted by atomic mass is 10.1. The normalized spacial score (nSPS) is 18.2. The van der Waals surface area contributed by atoms with Crippen LogP contribution in [0.3, 0.4) is 0 Å². The molecule has 4 heteroatoms.